The smallest absolute Gasteiger partial charge is 0.338 e. The highest BCUT2D eigenvalue weighted by Crippen LogP contribution is 2.23. The first-order chi connectivity index (χ1) is 7.93. The lowest BCUT2D eigenvalue weighted by atomic mass is 10.1. The molecule has 2 atom stereocenters. The number of aliphatic hydroxyl groups is 1. The van der Waals surface area contributed by atoms with Gasteiger partial charge in [0.05, 0.1) is 11.7 Å². The fourth-order valence-electron chi connectivity index (χ4n) is 1.22. The van der Waals surface area contributed by atoms with Crippen LogP contribution in [0.1, 0.15) is 29.8 Å². The summed E-state index contributed by atoms with van der Waals surface area (Å²) in [7, 11) is 0. The van der Waals surface area contributed by atoms with E-state index in [0.717, 1.165) is 0 Å². The number of aliphatic hydroxyl groups excluding tert-OH is 1. The Morgan fingerprint density at radius 2 is 2.12 bits per heavy atom. The molecule has 17 heavy (non-hydrogen) atoms. The Balaban J connectivity index is 2.79. The number of benzene rings is 1. The number of hydrogen-bond donors (Lipinski definition) is 2. The predicted molar refractivity (Wildman–Crippen MR) is 65.8 cm³/mol. The minimum absolute atomic E-state index is 0.0251. The summed E-state index contributed by atoms with van der Waals surface area (Å²) in [6.07, 6.45) is -0.481. The lowest BCUT2D eigenvalue weighted by molar-refractivity contribution is 0.0691. The topological polar surface area (TPSA) is 57.5 Å². The first-order valence-corrected chi connectivity index (χ1v) is 6.28. The Labute approximate surface area is 104 Å². The standard InChI is InChI=1S/C12H15FO3S/c1-7(14)8(2)17-6-9-4-3-5-10(11(9)13)12(15)16/h3-5,7-8,14H,6H2,1-2H3,(H,15,16). The molecule has 3 nitrogen and oxygen atoms in total. The molecule has 0 aliphatic carbocycles. The van der Waals surface area contributed by atoms with E-state index in [9.17, 15) is 14.3 Å². The average molecular weight is 258 g/mol. The van der Waals surface area contributed by atoms with Gasteiger partial charge < -0.3 is 10.2 Å². The second kappa shape index (κ2) is 6.02. The van der Waals surface area contributed by atoms with Crippen LogP contribution in [0.3, 0.4) is 0 Å². The minimum atomic E-state index is -1.27. The number of carboxylic acids is 1. The third kappa shape index (κ3) is 3.71. The lowest BCUT2D eigenvalue weighted by Crippen LogP contribution is -2.15. The van der Waals surface area contributed by atoms with Gasteiger partial charge in [0.25, 0.3) is 0 Å². The van der Waals surface area contributed by atoms with Crippen LogP contribution in [-0.4, -0.2) is 27.5 Å². The Bertz CT molecular complexity index is 407. The first kappa shape index (κ1) is 14.0. The van der Waals surface area contributed by atoms with Crippen LogP contribution in [0, 0.1) is 5.82 Å². The van der Waals surface area contributed by atoms with E-state index in [1.165, 1.54) is 23.9 Å². The van der Waals surface area contributed by atoms with Gasteiger partial charge in [0.2, 0.25) is 0 Å². The Hall–Kier alpha value is -1.07. The van der Waals surface area contributed by atoms with Gasteiger partial charge >= 0.3 is 5.97 Å². The van der Waals surface area contributed by atoms with E-state index in [1.807, 2.05) is 6.92 Å². The number of hydrogen-bond acceptors (Lipinski definition) is 3. The van der Waals surface area contributed by atoms with Crippen LogP contribution in [0.15, 0.2) is 18.2 Å². The summed E-state index contributed by atoms with van der Waals surface area (Å²) < 4.78 is 13.7. The molecule has 0 radical (unpaired) electrons. The van der Waals surface area contributed by atoms with E-state index < -0.39 is 17.9 Å². The predicted octanol–water partition coefficient (Wildman–Crippen LogP) is 2.53. The Morgan fingerprint density at radius 1 is 1.47 bits per heavy atom. The molecule has 0 fully saturated rings. The van der Waals surface area contributed by atoms with E-state index in [-0.39, 0.29) is 10.8 Å². The zero-order chi connectivity index (χ0) is 13.0. The van der Waals surface area contributed by atoms with Crippen molar-refractivity contribution in [2.45, 2.75) is 31.0 Å². The van der Waals surface area contributed by atoms with Crippen molar-refractivity contribution >= 4 is 17.7 Å². The second-order valence-corrected chi connectivity index (χ2v) is 5.21. The van der Waals surface area contributed by atoms with Crippen molar-refractivity contribution in [1.29, 1.82) is 0 Å². The third-order valence-electron chi connectivity index (χ3n) is 2.49. The maximum atomic E-state index is 13.7. The second-order valence-electron chi connectivity index (χ2n) is 3.84. The fraction of sp³-hybridized carbons (Fsp3) is 0.417. The van der Waals surface area contributed by atoms with E-state index >= 15 is 0 Å². The van der Waals surface area contributed by atoms with Crippen molar-refractivity contribution in [3.8, 4) is 0 Å². The molecule has 0 aliphatic rings. The van der Waals surface area contributed by atoms with Crippen LogP contribution in [0.25, 0.3) is 0 Å². The summed E-state index contributed by atoms with van der Waals surface area (Å²) in [5.41, 5.74) is 0.0372. The number of carboxylic acid groups (broad SMARTS) is 1. The van der Waals surface area contributed by atoms with Crippen molar-refractivity contribution in [3.05, 3.63) is 35.1 Å². The van der Waals surface area contributed by atoms with Crippen molar-refractivity contribution in [1.82, 2.24) is 0 Å². The van der Waals surface area contributed by atoms with Crippen molar-refractivity contribution in [3.63, 3.8) is 0 Å². The zero-order valence-corrected chi connectivity index (χ0v) is 10.5. The maximum absolute atomic E-state index is 13.7. The van der Waals surface area contributed by atoms with Crippen LogP contribution in [0.2, 0.25) is 0 Å². The molecule has 0 amide bonds. The van der Waals surface area contributed by atoms with Gasteiger partial charge in [-0.3, -0.25) is 0 Å². The maximum Gasteiger partial charge on any atom is 0.338 e. The van der Waals surface area contributed by atoms with Crippen molar-refractivity contribution in [2.75, 3.05) is 0 Å². The molecule has 0 heterocycles. The van der Waals surface area contributed by atoms with Gasteiger partial charge in [0, 0.05) is 11.0 Å². The molecule has 0 aliphatic heterocycles. The van der Waals surface area contributed by atoms with Gasteiger partial charge in [-0.15, -0.1) is 0 Å². The quantitative estimate of drug-likeness (QED) is 0.852. The van der Waals surface area contributed by atoms with E-state index in [0.29, 0.717) is 11.3 Å². The molecular formula is C12H15FO3S. The van der Waals surface area contributed by atoms with E-state index in [4.69, 9.17) is 5.11 Å². The molecule has 0 spiro atoms. The Morgan fingerprint density at radius 3 is 2.65 bits per heavy atom. The minimum Gasteiger partial charge on any atom is -0.478 e. The van der Waals surface area contributed by atoms with Crippen LogP contribution in [0.5, 0.6) is 0 Å². The SMILES string of the molecule is CC(O)C(C)SCc1cccc(C(=O)O)c1F. The van der Waals surface area contributed by atoms with Gasteiger partial charge in [-0.1, -0.05) is 19.1 Å². The Kier molecular flexibility index (Phi) is 4.96. The van der Waals surface area contributed by atoms with Gasteiger partial charge in [-0.2, -0.15) is 11.8 Å². The molecule has 5 heteroatoms. The summed E-state index contributed by atoms with van der Waals surface area (Å²) in [6.45, 7) is 3.51. The van der Waals surface area contributed by atoms with Crippen LogP contribution < -0.4 is 0 Å². The van der Waals surface area contributed by atoms with E-state index in [1.54, 1.807) is 13.0 Å². The van der Waals surface area contributed by atoms with E-state index in [2.05, 4.69) is 0 Å². The van der Waals surface area contributed by atoms with Crippen molar-refractivity contribution < 1.29 is 19.4 Å². The number of halogens is 1. The largest absolute Gasteiger partial charge is 0.478 e. The van der Waals surface area contributed by atoms with Gasteiger partial charge in [0.15, 0.2) is 0 Å². The fourth-order valence-corrected chi connectivity index (χ4v) is 2.16. The summed E-state index contributed by atoms with van der Waals surface area (Å²) in [5, 5.41) is 18.0. The van der Waals surface area contributed by atoms with Gasteiger partial charge in [-0.05, 0) is 18.6 Å². The van der Waals surface area contributed by atoms with Crippen molar-refractivity contribution in [2.24, 2.45) is 0 Å². The molecule has 94 valence electrons. The first-order valence-electron chi connectivity index (χ1n) is 5.23. The lowest BCUT2D eigenvalue weighted by Gasteiger charge is -2.14. The average Bonchev–Trinajstić information content (AvgIpc) is 2.26. The van der Waals surface area contributed by atoms with Gasteiger partial charge in [-0.25, -0.2) is 9.18 Å². The molecule has 2 unspecified atom stereocenters. The summed E-state index contributed by atoms with van der Waals surface area (Å²) >= 11 is 1.39. The summed E-state index contributed by atoms with van der Waals surface area (Å²) in [6, 6.07) is 4.32. The highest BCUT2D eigenvalue weighted by atomic mass is 32.2. The molecule has 1 aromatic rings. The molecule has 0 saturated carbocycles. The molecule has 1 aromatic carbocycles. The highest BCUT2D eigenvalue weighted by Gasteiger charge is 2.15. The highest BCUT2D eigenvalue weighted by molar-refractivity contribution is 7.99. The monoisotopic (exact) mass is 258 g/mol. The zero-order valence-electron chi connectivity index (χ0n) is 9.68. The number of thioether (sulfide) groups is 1. The van der Waals surface area contributed by atoms with Gasteiger partial charge in [0.1, 0.15) is 5.82 Å². The molecule has 0 saturated heterocycles. The van der Waals surface area contributed by atoms with Crippen LogP contribution in [0.4, 0.5) is 4.39 Å². The molecule has 0 bridgehead atoms. The molecule has 1 rings (SSSR count). The number of rotatable bonds is 5. The molecular weight excluding hydrogens is 243 g/mol. The normalized spacial score (nSPS) is 14.4. The summed E-state index contributed by atoms with van der Waals surface area (Å²) in [4.78, 5) is 10.7. The third-order valence-corrected chi connectivity index (χ3v) is 3.89. The summed E-state index contributed by atoms with van der Waals surface area (Å²) in [5.74, 6) is -1.61. The van der Waals surface area contributed by atoms with Crippen LogP contribution >= 0.6 is 11.8 Å². The molecule has 0 aromatic heterocycles. The molecule has 2 N–H and O–H groups in total. The number of aromatic carboxylic acids is 1. The van der Waals surface area contributed by atoms with Crippen LogP contribution in [-0.2, 0) is 5.75 Å². The number of carbonyl (C=O) groups is 1.